The molecule has 4 atom stereocenters. The van der Waals surface area contributed by atoms with E-state index in [1.807, 2.05) is 11.9 Å². The van der Waals surface area contributed by atoms with Crippen molar-refractivity contribution in [3.63, 3.8) is 0 Å². The van der Waals surface area contributed by atoms with Gasteiger partial charge < -0.3 is 15.4 Å². The third-order valence-corrected chi connectivity index (χ3v) is 5.87. The molecule has 5 heteroatoms. The number of nitrogens with zero attached hydrogens (tertiary/aromatic N) is 1. The van der Waals surface area contributed by atoms with Crippen LogP contribution in [0, 0.1) is 11.3 Å². The number of carbonyl (C=O) groups excluding carboxylic acids is 1. The molecule has 0 bridgehead atoms. The van der Waals surface area contributed by atoms with Gasteiger partial charge in [-0.05, 0) is 32.6 Å². The lowest BCUT2D eigenvalue weighted by Gasteiger charge is -2.61. The number of hydrogen-bond acceptors (Lipinski definition) is 3. The molecule has 0 saturated heterocycles. The topological polar surface area (TPSA) is 55.6 Å². The molecule has 1 amide bonds. The maximum absolute atomic E-state index is 12.5. The average Bonchev–Trinajstić information content (AvgIpc) is 2.80. The van der Waals surface area contributed by atoms with Crippen LogP contribution in [0.25, 0.3) is 0 Å². The molecule has 4 nitrogen and oxygen atoms in total. The van der Waals surface area contributed by atoms with Crippen molar-refractivity contribution in [1.82, 2.24) is 4.90 Å². The van der Waals surface area contributed by atoms with Gasteiger partial charge in [-0.3, -0.25) is 4.79 Å². The molecular weight excluding hydrogens is 276 g/mol. The number of hydrogen-bond donors (Lipinski definition) is 1. The number of ether oxygens (including phenoxy) is 1. The first-order valence-electron chi connectivity index (χ1n) is 7.30. The third kappa shape index (κ3) is 2.58. The van der Waals surface area contributed by atoms with Crippen molar-refractivity contribution >= 4 is 18.3 Å². The summed E-state index contributed by atoms with van der Waals surface area (Å²) in [7, 11) is 3.70. The molecule has 2 N–H and O–H groups in total. The predicted molar refractivity (Wildman–Crippen MR) is 82.9 cm³/mol. The molecule has 2 rings (SSSR count). The van der Waals surface area contributed by atoms with Gasteiger partial charge in [0.1, 0.15) is 0 Å². The van der Waals surface area contributed by atoms with Crippen molar-refractivity contribution in [2.24, 2.45) is 17.1 Å². The third-order valence-electron chi connectivity index (χ3n) is 5.87. The largest absolute Gasteiger partial charge is 0.378 e. The standard InChI is InChI=1S/C15H28N2O2.ClH/c1-14(2)12(9-15(14,3)19-5)17(4)13(18)10-6-7-11(16)8-10;/h10-12H,6-9,16H2,1-5H3;1H. The Kier molecular flexibility index (Phi) is 5.16. The molecule has 4 unspecified atom stereocenters. The zero-order valence-corrected chi connectivity index (χ0v) is 14.1. The van der Waals surface area contributed by atoms with Gasteiger partial charge in [-0.2, -0.15) is 0 Å². The zero-order chi connectivity index (χ0) is 14.4. The molecule has 0 heterocycles. The molecule has 20 heavy (non-hydrogen) atoms. The van der Waals surface area contributed by atoms with Crippen LogP contribution in [0.3, 0.4) is 0 Å². The number of nitrogens with two attached hydrogens (primary N) is 1. The Hall–Kier alpha value is -0.320. The van der Waals surface area contributed by atoms with Crippen LogP contribution in [0.15, 0.2) is 0 Å². The lowest BCUT2D eigenvalue weighted by atomic mass is 9.55. The highest BCUT2D eigenvalue weighted by molar-refractivity contribution is 5.85. The summed E-state index contributed by atoms with van der Waals surface area (Å²) in [6.07, 6.45) is 3.68. The summed E-state index contributed by atoms with van der Waals surface area (Å²) in [5.74, 6) is 0.398. The molecular formula is C15H29ClN2O2. The van der Waals surface area contributed by atoms with E-state index in [1.165, 1.54) is 0 Å². The van der Waals surface area contributed by atoms with Gasteiger partial charge in [0.25, 0.3) is 0 Å². The predicted octanol–water partition coefficient (Wildman–Crippen LogP) is 2.20. The van der Waals surface area contributed by atoms with Crippen LogP contribution in [0.4, 0.5) is 0 Å². The quantitative estimate of drug-likeness (QED) is 0.869. The highest BCUT2D eigenvalue weighted by Crippen LogP contribution is 2.53. The van der Waals surface area contributed by atoms with Crippen molar-refractivity contribution in [2.75, 3.05) is 14.2 Å². The Labute approximate surface area is 128 Å². The van der Waals surface area contributed by atoms with Crippen molar-refractivity contribution in [1.29, 1.82) is 0 Å². The summed E-state index contributed by atoms with van der Waals surface area (Å²) < 4.78 is 5.63. The van der Waals surface area contributed by atoms with Crippen molar-refractivity contribution < 1.29 is 9.53 Å². The number of amides is 1. The van der Waals surface area contributed by atoms with Crippen LogP contribution in [0.1, 0.15) is 46.5 Å². The second kappa shape index (κ2) is 5.82. The van der Waals surface area contributed by atoms with Crippen LogP contribution in [0.5, 0.6) is 0 Å². The Morgan fingerprint density at radius 3 is 2.30 bits per heavy atom. The first-order chi connectivity index (χ1) is 8.73. The van der Waals surface area contributed by atoms with E-state index in [1.54, 1.807) is 7.11 Å². The van der Waals surface area contributed by atoms with Crippen molar-refractivity contribution in [2.45, 2.75) is 64.1 Å². The minimum atomic E-state index is -0.127. The fourth-order valence-electron chi connectivity index (χ4n) is 3.76. The lowest BCUT2D eigenvalue weighted by Crippen LogP contribution is -2.69. The van der Waals surface area contributed by atoms with Gasteiger partial charge in [-0.25, -0.2) is 0 Å². The van der Waals surface area contributed by atoms with Crippen LogP contribution < -0.4 is 5.73 Å². The molecule has 0 aromatic rings. The number of halogens is 1. The second-order valence-corrected chi connectivity index (χ2v) is 7.10. The van der Waals surface area contributed by atoms with Gasteiger partial charge in [0.05, 0.1) is 5.60 Å². The minimum absolute atomic E-state index is 0. The van der Waals surface area contributed by atoms with E-state index >= 15 is 0 Å². The molecule has 0 aromatic carbocycles. The molecule has 118 valence electrons. The van der Waals surface area contributed by atoms with Gasteiger partial charge in [-0.1, -0.05) is 13.8 Å². The maximum atomic E-state index is 12.5. The summed E-state index contributed by atoms with van der Waals surface area (Å²) in [6.45, 7) is 6.51. The maximum Gasteiger partial charge on any atom is 0.225 e. The Morgan fingerprint density at radius 1 is 1.30 bits per heavy atom. The van der Waals surface area contributed by atoms with E-state index in [0.29, 0.717) is 0 Å². The molecule has 0 spiro atoms. The first kappa shape index (κ1) is 17.7. The molecule has 2 aliphatic carbocycles. The van der Waals surface area contributed by atoms with E-state index in [-0.39, 0.29) is 47.3 Å². The second-order valence-electron chi connectivity index (χ2n) is 7.10. The van der Waals surface area contributed by atoms with E-state index in [0.717, 1.165) is 25.7 Å². The van der Waals surface area contributed by atoms with E-state index < -0.39 is 0 Å². The first-order valence-corrected chi connectivity index (χ1v) is 7.30. The number of rotatable bonds is 3. The molecule has 0 aliphatic heterocycles. The normalized spacial score (nSPS) is 38.8. The Morgan fingerprint density at radius 2 is 1.90 bits per heavy atom. The SMILES string of the molecule is COC1(C)CC(N(C)C(=O)C2CCC(N)C2)C1(C)C.Cl. The van der Waals surface area contributed by atoms with Crippen LogP contribution in [-0.4, -0.2) is 42.6 Å². The molecule has 2 aliphatic rings. The molecule has 0 radical (unpaired) electrons. The van der Waals surface area contributed by atoms with Gasteiger partial charge in [0.2, 0.25) is 5.91 Å². The molecule has 0 aromatic heterocycles. The van der Waals surface area contributed by atoms with Crippen molar-refractivity contribution in [3.05, 3.63) is 0 Å². The smallest absolute Gasteiger partial charge is 0.225 e. The van der Waals surface area contributed by atoms with E-state index in [9.17, 15) is 4.79 Å². The fraction of sp³-hybridized carbons (Fsp3) is 0.933. The summed E-state index contributed by atoms with van der Waals surface area (Å²) in [4.78, 5) is 14.5. The zero-order valence-electron chi connectivity index (χ0n) is 13.3. The van der Waals surface area contributed by atoms with Gasteiger partial charge in [0, 0.05) is 37.6 Å². The van der Waals surface area contributed by atoms with Gasteiger partial charge in [0.15, 0.2) is 0 Å². The monoisotopic (exact) mass is 304 g/mol. The molecule has 2 fully saturated rings. The Balaban J connectivity index is 0.00000200. The van der Waals surface area contributed by atoms with E-state index in [2.05, 4.69) is 20.8 Å². The number of methoxy groups -OCH3 is 1. The van der Waals surface area contributed by atoms with Crippen LogP contribution in [0.2, 0.25) is 0 Å². The summed E-state index contributed by atoms with van der Waals surface area (Å²) in [5, 5.41) is 0. The van der Waals surface area contributed by atoms with Gasteiger partial charge in [-0.15, -0.1) is 12.4 Å². The number of carbonyl (C=O) groups is 1. The fourth-order valence-corrected chi connectivity index (χ4v) is 3.76. The highest BCUT2D eigenvalue weighted by atomic mass is 35.5. The molecule has 2 saturated carbocycles. The van der Waals surface area contributed by atoms with Gasteiger partial charge >= 0.3 is 0 Å². The summed E-state index contributed by atoms with van der Waals surface area (Å²) in [5.41, 5.74) is 5.78. The average molecular weight is 305 g/mol. The minimum Gasteiger partial charge on any atom is -0.378 e. The summed E-state index contributed by atoms with van der Waals surface area (Å²) in [6, 6.07) is 0.475. The lowest BCUT2D eigenvalue weighted by molar-refractivity contribution is -0.208. The summed E-state index contributed by atoms with van der Waals surface area (Å²) >= 11 is 0. The van der Waals surface area contributed by atoms with Crippen LogP contribution in [-0.2, 0) is 9.53 Å². The van der Waals surface area contributed by atoms with E-state index in [4.69, 9.17) is 10.5 Å². The van der Waals surface area contributed by atoms with Crippen LogP contribution >= 0.6 is 12.4 Å². The highest BCUT2D eigenvalue weighted by Gasteiger charge is 2.60. The van der Waals surface area contributed by atoms with Crippen molar-refractivity contribution in [3.8, 4) is 0 Å². The Bertz CT molecular complexity index is 375.